The molecule has 0 aliphatic rings. The third kappa shape index (κ3) is 4.90. The van der Waals surface area contributed by atoms with E-state index in [1.165, 1.54) is 23.9 Å². The molecule has 0 aliphatic carbocycles. The van der Waals surface area contributed by atoms with Gasteiger partial charge in [0.05, 0.1) is 0 Å². The van der Waals surface area contributed by atoms with Crippen LogP contribution in [0.15, 0.2) is 35.5 Å². The number of thioether (sulfide) groups is 1. The number of rotatable bonds is 7. The summed E-state index contributed by atoms with van der Waals surface area (Å²) < 4.78 is 12.9. The van der Waals surface area contributed by atoms with Crippen LogP contribution in [-0.4, -0.2) is 22.8 Å². The van der Waals surface area contributed by atoms with Crippen LogP contribution >= 0.6 is 11.8 Å². The van der Waals surface area contributed by atoms with Crippen LogP contribution in [0.2, 0.25) is 0 Å². The van der Waals surface area contributed by atoms with Crippen molar-refractivity contribution < 1.29 is 4.39 Å². The molecule has 0 saturated carbocycles. The largest absolute Gasteiger partial charge is 0.370 e. The zero-order valence-electron chi connectivity index (χ0n) is 12.2. The summed E-state index contributed by atoms with van der Waals surface area (Å²) in [6, 6.07) is 8.32. The maximum atomic E-state index is 12.9. The van der Waals surface area contributed by atoms with E-state index in [9.17, 15) is 4.39 Å². The molecule has 2 aromatic rings. The summed E-state index contributed by atoms with van der Waals surface area (Å²) in [5.74, 6) is 1.35. The minimum absolute atomic E-state index is 0.225. The lowest BCUT2D eigenvalue weighted by Gasteiger charge is -2.10. The van der Waals surface area contributed by atoms with Gasteiger partial charge in [-0.3, -0.25) is 0 Å². The summed E-state index contributed by atoms with van der Waals surface area (Å²) >= 11 is 1.50. The van der Waals surface area contributed by atoms with Crippen molar-refractivity contribution in [3.05, 3.63) is 41.7 Å². The summed E-state index contributed by atoms with van der Waals surface area (Å²) in [7, 11) is 0. The lowest BCUT2D eigenvalue weighted by Crippen LogP contribution is -2.07. The van der Waals surface area contributed by atoms with Gasteiger partial charge in [-0.1, -0.05) is 30.8 Å². The predicted molar refractivity (Wildman–Crippen MR) is 86.3 cm³/mol. The van der Waals surface area contributed by atoms with Crippen molar-refractivity contribution in [1.82, 2.24) is 9.97 Å². The molecule has 0 amide bonds. The van der Waals surface area contributed by atoms with E-state index >= 15 is 0 Å². The fraction of sp³-hybridized carbons (Fsp3) is 0.333. The Morgan fingerprint density at radius 3 is 2.38 bits per heavy atom. The van der Waals surface area contributed by atoms with E-state index in [2.05, 4.69) is 27.5 Å². The second-order valence-corrected chi connectivity index (χ2v) is 5.31. The van der Waals surface area contributed by atoms with Gasteiger partial charge in [-0.25, -0.2) is 14.4 Å². The number of nitrogens with zero attached hydrogens (tertiary/aromatic N) is 2. The quantitative estimate of drug-likeness (QED) is 0.602. The number of hydrogen-bond acceptors (Lipinski definition) is 5. The molecule has 0 unspecified atom stereocenters. The normalized spacial score (nSPS) is 10.4. The molecule has 0 radical (unpaired) electrons. The van der Waals surface area contributed by atoms with Crippen molar-refractivity contribution in [1.29, 1.82) is 0 Å². The summed E-state index contributed by atoms with van der Waals surface area (Å²) in [5.41, 5.74) is 1.00. The van der Waals surface area contributed by atoms with Crippen molar-refractivity contribution in [2.75, 3.05) is 23.4 Å². The molecule has 1 aromatic carbocycles. The van der Waals surface area contributed by atoms with Gasteiger partial charge in [0.25, 0.3) is 0 Å². The second kappa shape index (κ2) is 7.83. The number of hydrogen-bond donors (Lipinski definition) is 2. The Morgan fingerprint density at radius 2 is 1.76 bits per heavy atom. The minimum atomic E-state index is -0.225. The summed E-state index contributed by atoms with van der Waals surface area (Å²) in [6.07, 6.45) is 2.99. The van der Waals surface area contributed by atoms with Crippen molar-refractivity contribution in [2.45, 2.75) is 25.0 Å². The predicted octanol–water partition coefficient (Wildman–Crippen LogP) is 3.77. The first kappa shape index (κ1) is 15.6. The van der Waals surface area contributed by atoms with Crippen LogP contribution in [0.1, 0.15) is 18.9 Å². The number of halogens is 1. The lowest BCUT2D eigenvalue weighted by atomic mass is 10.2. The molecule has 1 aromatic heterocycles. The molecule has 21 heavy (non-hydrogen) atoms. The number of aromatic nitrogens is 2. The maximum absolute atomic E-state index is 12.9. The average molecular weight is 306 g/mol. The van der Waals surface area contributed by atoms with E-state index in [-0.39, 0.29) is 5.82 Å². The molecule has 2 rings (SSSR count). The number of nitrogens with one attached hydrogen (secondary N) is 2. The number of benzene rings is 1. The van der Waals surface area contributed by atoms with Gasteiger partial charge in [-0.2, -0.15) is 0 Å². The van der Waals surface area contributed by atoms with Gasteiger partial charge < -0.3 is 10.6 Å². The molecule has 112 valence electrons. The second-order valence-electron chi connectivity index (χ2n) is 4.53. The molecule has 6 heteroatoms. The molecule has 0 spiro atoms. The fourth-order valence-corrected chi connectivity index (χ4v) is 2.12. The van der Waals surface area contributed by atoms with Crippen LogP contribution in [0.4, 0.5) is 16.0 Å². The highest BCUT2D eigenvalue weighted by molar-refractivity contribution is 7.98. The van der Waals surface area contributed by atoms with Crippen molar-refractivity contribution in [3.63, 3.8) is 0 Å². The molecule has 0 saturated heterocycles. The standard InChI is InChI=1S/C15H19FN4S/c1-3-8-17-13-9-14(20-15(19-13)21-2)18-10-11-4-6-12(16)7-5-11/h4-7,9H,3,8,10H2,1-2H3,(H2,17,18,19,20). The van der Waals surface area contributed by atoms with Crippen LogP contribution in [0, 0.1) is 5.82 Å². The van der Waals surface area contributed by atoms with E-state index in [0.717, 1.165) is 35.3 Å². The van der Waals surface area contributed by atoms with Gasteiger partial charge in [0.15, 0.2) is 5.16 Å². The third-order valence-electron chi connectivity index (χ3n) is 2.83. The Hall–Kier alpha value is -1.82. The molecule has 0 bridgehead atoms. The summed E-state index contributed by atoms with van der Waals surface area (Å²) in [5, 5.41) is 7.23. The zero-order valence-corrected chi connectivity index (χ0v) is 13.0. The zero-order chi connectivity index (χ0) is 15.1. The Morgan fingerprint density at radius 1 is 1.10 bits per heavy atom. The van der Waals surface area contributed by atoms with Crippen molar-refractivity contribution >= 4 is 23.4 Å². The molecular formula is C15H19FN4S. The first-order chi connectivity index (χ1) is 10.2. The van der Waals surface area contributed by atoms with Gasteiger partial charge in [-0.05, 0) is 30.4 Å². The lowest BCUT2D eigenvalue weighted by molar-refractivity contribution is 0.627. The highest BCUT2D eigenvalue weighted by Gasteiger charge is 2.04. The molecule has 0 fully saturated rings. The third-order valence-corrected chi connectivity index (χ3v) is 3.38. The van der Waals surface area contributed by atoms with Gasteiger partial charge in [0.1, 0.15) is 17.5 Å². The van der Waals surface area contributed by atoms with E-state index in [1.807, 2.05) is 12.3 Å². The molecule has 1 heterocycles. The smallest absolute Gasteiger partial charge is 0.191 e. The highest BCUT2D eigenvalue weighted by atomic mass is 32.2. The van der Waals surface area contributed by atoms with E-state index in [4.69, 9.17) is 0 Å². The van der Waals surface area contributed by atoms with E-state index in [1.54, 1.807) is 12.1 Å². The van der Waals surface area contributed by atoms with Crippen LogP contribution in [0.3, 0.4) is 0 Å². The summed E-state index contributed by atoms with van der Waals surface area (Å²) in [6.45, 7) is 3.58. The SMILES string of the molecule is CCCNc1cc(NCc2ccc(F)cc2)nc(SC)n1. The van der Waals surface area contributed by atoms with Crippen LogP contribution in [0.5, 0.6) is 0 Å². The van der Waals surface area contributed by atoms with Crippen molar-refractivity contribution in [2.24, 2.45) is 0 Å². The Labute approximate surface area is 128 Å². The van der Waals surface area contributed by atoms with Gasteiger partial charge in [0.2, 0.25) is 0 Å². The maximum Gasteiger partial charge on any atom is 0.191 e. The highest BCUT2D eigenvalue weighted by Crippen LogP contribution is 2.18. The molecular weight excluding hydrogens is 287 g/mol. The topological polar surface area (TPSA) is 49.8 Å². The van der Waals surface area contributed by atoms with E-state index in [0.29, 0.717) is 6.54 Å². The van der Waals surface area contributed by atoms with Crippen LogP contribution in [0.25, 0.3) is 0 Å². The van der Waals surface area contributed by atoms with Gasteiger partial charge in [0, 0.05) is 19.2 Å². The molecule has 0 atom stereocenters. The van der Waals surface area contributed by atoms with Gasteiger partial charge in [-0.15, -0.1) is 0 Å². The first-order valence-electron chi connectivity index (χ1n) is 6.86. The molecule has 4 nitrogen and oxygen atoms in total. The average Bonchev–Trinajstić information content (AvgIpc) is 2.52. The molecule has 2 N–H and O–H groups in total. The Kier molecular flexibility index (Phi) is 5.80. The van der Waals surface area contributed by atoms with Crippen LogP contribution < -0.4 is 10.6 Å². The summed E-state index contributed by atoms with van der Waals surface area (Å²) in [4.78, 5) is 8.83. The van der Waals surface area contributed by atoms with Gasteiger partial charge >= 0.3 is 0 Å². The Bertz CT molecular complexity index is 574. The van der Waals surface area contributed by atoms with Crippen LogP contribution in [-0.2, 0) is 6.54 Å². The van der Waals surface area contributed by atoms with E-state index < -0.39 is 0 Å². The van der Waals surface area contributed by atoms with Crippen molar-refractivity contribution in [3.8, 4) is 0 Å². The molecule has 0 aliphatic heterocycles. The monoisotopic (exact) mass is 306 g/mol. The number of anilines is 2. The Balaban J connectivity index is 2.05. The minimum Gasteiger partial charge on any atom is -0.370 e. The first-order valence-corrected chi connectivity index (χ1v) is 8.09. The fourth-order valence-electron chi connectivity index (χ4n) is 1.75.